The predicted molar refractivity (Wildman–Crippen MR) is 106 cm³/mol. The zero-order valence-electron chi connectivity index (χ0n) is 16.4. The molecule has 2 aromatic carbocycles. The molecule has 0 radical (unpaired) electrons. The maximum atomic E-state index is 13.7. The number of aromatic amines is 1. The summed E-state index contributed by atoms with van der Waals surface area (Å²) in [4.78, 5) is 33.6. The smallest absolute Gasteiger partial charge is 0.322 e. The van der Waals surface area contributed by atoms with Crippen LogP contribution in [-0.2, 0) is 6.18 Å². The molecule has 0 bridgehead atoms. The van der Waals surface area contributed by atoms with Crippen LogP contribution in [0.4, 0.5) is 34.6 Å². The zero-order chi connectivity index (χ0) is 22.5. The lowest BCUT2D eigenvalue weighted by Crippen LogP contribution is -2.46. The number of carbonyl (C=O) groups excluding carboxylic acids is 1. The average molecular weight is 432 g/mol. The molecule has 0 atom stereocenters. The third-order valence-corrected chi connectivity index (χ3v) is 5.10. The number of aryl methyl sites for hydroxylation is 2. The topological polar surface area (TPSA) is 69.3 Å². The second-order valence-corrected chi connectivity index (χ2v) is 7.16. The molecule has 1 N–H and O–H groups in total. The number of H-pyrrole nitrogens is 1. The lowest BCUT2D eigenvalue weighted by Gasteiger charge is -2.39. The second kappa shape index (κ2) is 7.22. The van der Waals surface area contributed by atoms with E-state index in [9.17, 15) is 27.2 Å². The predicted octanol–water partition coefficient (Wildman–Crippen LogP) is 4.30. The standard InChI is InChI=1S/C21H16F4N4O2/c1-11-7-14(22)4-6-16(11)28-10-29(18-9-26-20(31)27-12(18)2)19(30)15-5-3-13(8-17(15)28)21(23,24)25/h3-9H,10H2,1-2H3,(H,26,27,31). The van der Waals surface area contributed by atoms with Crippen LogP contribution in [0, 0.1) is 19.7 Å². The molecule has 3 aromatic rings. The Labute approximate surface area is 173 Å². The number of nitrogens with one attached hydrogen (secondary N) is 1. The van der Waals surface area contributed by atoms with Crippen LogP contribution in [0.15, 0.2) is 47.4 Å². The molecule has 0 unspecified atom stereocenters. The fraction of sp³-hybridized carbons (Fsp3) is 0.190. The maximum absolute atomic E-state index is 13.7. The van der Waals surface area contributed by atoms with E-state index < -0.39 is 29.2 Å². The van der Waals surface area contributed by atoms with E-state index in [1.165, 1.54) is 34.2 Å². The number of amides is 1. The Kier molecular flexibility index (Phi) is 4.79. The number of fused-ring (bicyclic) bond motifs is 1. The van der Waals surface area contributed by atoms with Gasteiger partial charge in [0, 0.05) is 11.4 Å². The summed E-state index contributed by atoms with van der Waals surface area (Å²) in [7, 11) is 0. The van der Waals surface area contributed by atoms with Gasteiger partial charge in [-0.05, 0) is 55.8 Å². The molecular formula is C21H16F4N4O2. The molecule has 1 aliphatic rings. The van der Waals surface area contributed by atoms with Gasteiger partial charge in [0.15, 0.2) is 0 Å². The zero-order valence-corrected chi connectivity index (χ0v) is 16.4. The van der Waals surface area contributed by atoms with Gasteiger partial charge in [0.2, 0.25) is 0 Å². The van der Waals surface area contributed by atoms with E-state index in [0.29, 0.717) is 22.6 Å². The normalized spacial score (nSPS) is 14.1. The van der Waals surface area contributed by atoms with E-state index in [2.05, 4.69) is 9.97 Å². The monoisotopic (exact) mass is 432 g/mol. The van der Waals surface area contributed by atoms with Gasteiger partial charge in [0.1, 0.15) is 12.5 Å². The van der Waals surface area contributed by atoms with Gasteiger partial charge >= 0.3 is 11.9 Å². The Balaban J connectivity index is 1.93. The van der Waals surface area contributed by atoms with Crippen molar-refractivity contribution < 1.29 is 22.4 Å². The van der Waals surface area contributed by atoms with E-state index in [0.717, 1.165) is 18.2 Å². The number of alkyl halides is 3. The summed E-state index contributed by atoms with van der Waals surface area (Å²) >= 11 is 0. The first-order valence-electron chi connectivity index (χ1n) is 9.19. The number of benzene rings is 2. The quantitative estimate of drug-likeness (QED) is 0.613. The van der Waals surface area contributed by atoms with Crippen molar-refractivity contribution in [2.75, 3.05) is 16.5 Å². The second-order valence-electron chi connectivity index (χ2n) is 7.16. The number of nitrogens with zero attached hydrogens (tertiary/aromatic N) is 3. The number of anilines is 3. The van der Waals surface area contributed by atoms with Crippen LogP contribution in [0.25, 0.3) is 0 Å². The molecule has 160 valence electrons. The highest BCUT2D eigenvalue weighted by Crippen LogP contribution is 2.40. The van der Waals surface area contributed by atoms with Gasteiger partial charge in [-0.15, -0.1) is 0 Å². The van der Waals surface area contributed by atoms with Crippen molar-refractivity contribution in [2.24, 2.45) is 0 Å². The van der Waals surface area contributed by atoms with E-state index >= 15 is 0 Å². The molecule has 31 heavy (non-hydrogen) atoms. The van der Waals surface area contributed by atoms with E-state index in [1.807, 2.05) is 0 Å². The molecule has 0 aliphatic carbocycles. The van der Waals surface area contributed by atoms with Crippen LogP contribution in [0.3, 0.4) is 0 Å². The molecule has 1 amide bonds. The molecule has 6 nitrogen and oxygen atoms in total. The van der Waals surface area contributed by atoms with Crippen molar-refractivity contribution in [1.29, 1.82) is 0 Å². The van der Waals surface area contributed by atoms with Crippen LogP contribution in [-0.4, -0.2) is 22.5 Å². The number of carbonyl (C=O) groups is 1. The number of aromatic nitrogens is 2. The third-order valence-electron chi connectivity index (χ3n) is 5.10. The Hall–Kier alpha value is -3.69. The third kappa shape index (κ3) is 3.65. The number of rotatable bonds is 2. The van der Waals surface area contributed by atoms with E-state index in [-0.39, 0.29) is 17.9 Å². The fourth-order valence-corrected chi connectivity index (χ4v) is 3.60. The Morgan fingerprint density at radius 3 is 2.35 bits per heavy atom. The summed E-state index contributed by atoms with van der Waals surface area (Å²) in [5, 5.41) is 0. The van der Waals surface area contributed by atoms with Crippen LogP contribution in [0.2, 0.25) is 0 Å². The molecular weight excluding hydrogens is 416 g/mol. The van der Waals surface area contributed by atoms with Crippen LogP contribution >= 0.6 is 0 Å². The Morgan fingerprint density at radius 2 is 1.71 bits per heavy atom. The molecule has 0 spiro atoms. The van der Waals surface area contributed by atoms with Gasteiger partial charge in [-0.2, -0.15) is 18.2 Å². The van der Waals surface area contributed by atoms with Crippen LogP contribution in [0.1, 0.15) is 27.2 Å². The van der Waals surface area contributed by atoms with Crippen molar-refractivity contribution in [3.8, 4) is 0 Å². The molecule has 4 rings (SSSR count). The van der Waals surface area contributed by atoms with Gasteiger partial charge in [-0.1, -0.05) is 0 Å². The lowest BCUT2D eigenvalue weighted by atomic mass is 10.0. The molecule has 10 heteroatoms. The Morgan fingerprint density at radius 1 is 0.968 bits per heavy atom. The van der Waals surface area contributed by atoms with Crippen molar-refractivity contribution >= 4 is 23.0 Å². The summed E-state index contributed by atoms with van der Waals surface area (Å²) in [5.74, 6) is -1.03. The molecule has 0 saturated heterocycles. The molecule has 0 saturated carbocycles. The van der Waals surface area contributed by atoms with Crippen LogP contribution < -0.4 is 15.5 Å². The lowest BCUT2D eigenvalue weighted by molar-refractivity contribution is -0.137. The highest BCUT2D eigenvalue weighted by atomic mass is 19.4. The minimum absolute atomic E-state index is 0.0357. The fourth-order valence-electron chi connectivity index (χ4n) is 3.60. The van der Waals surface area contributed by atoms with E-state index in [1.54, 1.807) is 13.8 Å². The average Bonchev–Trinajstić information content (AvgIpc) is 2.68. The van der Waals surface area contributed by atoms with Gasteiger partial charge in [-0.25, -0.2) is 9.18 Å². The largest absolute Gasteiger partial charge is 0.416 e. The van der Waals surface area contributed by atoms with Crippen molar-refractivity contribution in [2.45, 2.75) is 20.0 Å². The highest BCUT2D eigenvalue weighted by Gasteiger charge is 2.37. The van der Waals surface area contributed by atoms with Gasteiger partial charge < -0.3 is 9.88 Å². The van der Waals surface area contributed by atoms with Crippen molar-refractivity contribution in [1.82, 2.24) is 9.97 Å². The first-order chi connectivity index (χ1) is 14.6. The van der Waals surface area contributed by atoms with Crippen molar-refractivity contribution in [3.05, 3.63) is 81.3 Å². The minimum atomic E-state index is -4.60. The van der Waals surface area contributed by atoms with E-state index in [4.69, 9.17) is 0 Å². The number of hydrogen-bond donors (Lipinski definition) is 1. The molecule has 2 heterocycles. The molecule has 1 aromatic heterocycles. The summed E-state index contributed by atoms with van der Waals surface area (Å²) in [6.45, 7) is 3.05. The number of halogens is 4. The highest BCUT2D eigenvalue weighted by molar-refractivity contribution is 6.12. The SMILES string of the molecule is Cc1cc(F)ccc1N1CN(c2cnc(=O)[nH]c2C)C(=O)c2ccc(C(F)(F)F)cc21. The summed E-state index contributed by atoms with van der Waals surface area (Å²) < 4.78 is 53.7. The minimum Gasteiger partial charge on any atom is -0.322 e. The first-order valence-corrected chi connectivity index (χ1v) is 9.19. The summed E-state index contributed by atoms with van der Waals surface area (Å²) in [6.07, 6.45) is -3.37. The van der Waals surface area contributed by atoms with Gasteiger partial charge in [0.05, 0.1) is 28.7 Å². The first kappa shape index (κ1) is 20.6. The van der Waals surface area contributed by atoms with Gasteiger partial charge in [-0.3, -0.25) is 9.69 Å². The van der Waals surface area contributed by atoms with Crippen LogP contribution in [0.5, 0.6) is 0 Å². The molecule has 1 aliphatic heterocycles. The molecule has 0 fully saturated rings. The maximum Gasteiger partial charge on any atom is 0.416 e. The summed E-state index contributed by atoms with van der Waals surface area (Å²) in [6, 6.07) is 6.77. The Bertz CT molecular complexity index is 1250. The van der Waals surface area contributed by atoms with Crippen molar-refractivity contribution in [3.63, 3.8) is 0 Å². The number of hydrogen-bond acceptors (Lipinski definition) is 4. The van der Waals surface area contributed by atoms with Gasteiger partial charge in [0.25, 0.3) is 5.91 Å². The summed E-state index contributed by atoms with van der Waals surface area (Å²) in [5.41, 5.74) is 0.198.